The molecule has 0 heterocycles. The van der Waals surface area contributed by atoms with Gasteiger partial charge >= 0.3 is 0 Å². The summed E-state index contributed by atoms with van der Waals surface area (Å²) in [4.78, 5) is 0. The van der Waals surface area contributed by atoms with Crippen molar-refractivity contribution in [2.45, 2.75) is 13.8 Å². The molecule has 0 aliphatic heterocycles. The van der Waals surface area contributed by atoms with E-state index in [2.05, 4.69) is 10.2 Å². The maximum atomic E-state index is 9.87. The first-order valence-corrected chi connectivity index (χ1v) is 5.91. The third-order valence-corrected chi connectivity index (χ3v) is 2.74. The Morgan fingerprint density at radius 2 is 1.83 bits per heavy atom. The molecule has 0 aliphatic carbocycles. The number of phenols is 1. The second kappa shape index (κ2) is 5.19. The van der Waals surface area contributed by atoms with Crippen LogP contribution in [0, 0.1) is 13.8 Å². The van der Waals surface area contributed by atoms with Crippen molar-refractivity contribution in [1.82, 2.24) is 0 Å². The predicted molar refractivity (Wildman–Crippen MR) is 73.2 cm³/mol. The first kappa shape index (κ1) is 12.6. The van der Waals surface area contributed by atoms with Gasteiger partial charge < -0.3 is 5.11 Å². The van der Waals surface area contributed by atoms with E-state index < -0.39 is 0 Å². The molecule has 2 rings (SSSR count). The molecule has 0 amide bonds. The van der Waals surface area contributed by atoms with E-state index in [9.17, 15) is 5.11 Å². The molecule has 0 aromatic heterocycles. The number of hydrogen-bond acceptors (Lipinski definition) is 3. The first-order valence-electron chi connectivity index (χ1n) is 5.54. The molecular formula is C14H13ClN2O. The van der Waals surface area contributed by atoms with Crippen LogP contribution in [0.1, 0.15) is 11.1 Å². The highest BCUT2D eigenvalue weighted by molar-refractivity contribution is 6.30. The Hall–Kier alpha value is -1.87. The molecule has 0 bridgehead atoms. The fourth-order valence-corrected chi connectivity index (χ4v) is 1.85. The van der Waals surface area contributed by atoms with Gasteiger partial charge in [-0.2, -0.15) is 5.11 Å². The number of aryl methyl sites for hydroxylation is 2. The van der Waals surface area contributed by atoms with Gasteiger partial charge in [0.25, 0.3) is 0 Å². The molecule has 3 nitrogen and oxygen atoms in total. The summed E-state index contributed by atoms with van der Waals surface area (Å²) in [7, 11) is 0. The number of benzene rings is 2. The van der Waals surface area contributed by atoms with E-state index in [1.54, 1.807) is 30.3 Å². The normalized spacial score (nSPS) is 11.1. The predicted octanol–water partition coefficient (Wildman–Crippen LogP) is 5.08. The van der Waals surface area contributed by atoms with Gasteiger partial charge in [0.15, 0.2) is 0 Å². The van der Waals surface area contributed by atoms with Crippen molar-refractivity contribution in [1.29, 1.82) is 0 Å². The van der Waals surface area contributed by atoms with Gasteiger partial charge in [0.05, 0.1) is 5.69 Å². The quantitative estimate of drug-likeness (QED) is 0.752. The highest BCUT2D eigenvalue weighted by Crippen LogP contribution is 2.32. The summed E-state index contributed by atoms with van der Waals surface area (Å²) < 4.78 is 0. The van der Waals surface area contributed by atoms with E-state index in [1.165, 1.54) is 0 Å². The maximum Gasteiger partial charge on any atom is 0.146 e. The summed E-state index contributed by atoms with van der Waals surface area (Å²) >= 11 is 5.86. The molecule has 0 atom stereocenters. The second-order valence-corrected chi connectivity index (χ2v) is 4.57. The number of phenolic OH excluding ortho intramolecular Hbond substituents is 1. The first-order chi connectivity index (χ1) is 8.56. The van der Waals surface area contributed by atoms with Crippen molar-refractivity contribution in [2.24, 2.45) is 10.2 Å². The van der Waals surface area contributed by atoms with Gasteiger partial charge in [0.1, 0.15) is 11.4 Å². The molecule has 0 spiro atoms. The lowest BCUT2D eigenvalue weighted by Gasteiger charge is -2.03. The summed E-state index contributed by atoms with van der Waals surface area (Å²) in [5.74, 6) is 0.159. The molecule has 1 N–H and O–H groups in total. The van der Waals surface area contributed by atoms with Gasteiger partial charge in [-0.15, -0.1) is 5.11 Å². The van der Waals surface area contributed by atoms with Crippen molar-refractivity contribution in [3.63, 3.8) is 0 Å². The van der Waals surface area contributed by atoms with Crippen LogP contribution in [0.15, 0.2) is 46.6 Å². The molecule has 4 heteroatoms. The van der Waals surface area contributed by atoms with Crippen LogP contribution < -0.4 is 0 Å². The Bertz CT molecular complexity index is 609. The molecule has 0 unspecified atom stereocenters. The Kier molecular flexibility index (Phi) is 3.63. The van der Waals surface area contributed by atoms with Crippen LogP contribution in [0.5, 0.6) is 5.75 Å². The topological polar surface area (TPSA) is 45.0 Å². The number of nitrogens with zero attached hydrogens (tertiary/aromatic N) is 2. The van der Waals surface area contributed by atoms with E-state index in [4.69, 9.17) is 11.6 Å². The lowest BCUT2D eigenvalue weighted by Crippen LogP contribution is -1.78. The zero-order valence-corrected chi connectivity index (χ0v) is 10.9. The van der Waals surface area contributed by atoms with E-state index in [0.717, 1.165) is 11.1 Å². The number of halogens is 1. The summed E-state index contributed by atoms with van der Waals surface area (Å²) in [6.45, 7) is 3.78. The van der Waals surface area contributed by atoms with E-state index in [0.29, 0.717) is 16.4 Å². The highest BCUT2D eigenvalue weighted by atomic mass is 35.5. The zero-order valence-electron chi connectivity index (χ0n) is 10.2. The number of azo groups is 1. The third-order valence-electron chi connectivity index (χ3n) is 2.51. The van der Waals surface area contributed by atoms with Crippen LogP contribution >= 0.6 is 11.6 Å². The molecule has 0 radical (unpaired) electrons. The lowest BCUT2D eigenvalue weighted by molar-refractivity contribution is 0.472. The Balaban J connectivity index is 2.34. The summed E-state index contributed by atoms with van der Waals surface area (Å²) in [6.07, 6.45) is 0. The van der Waals surface area contributed by atoms with E-state index in [-0.39, 0.29) is 5.75 Å². The molecule has 18 heavy (non-hydrogen) atoms. The third kappa shape index (κ3) is 2.87. The van der Waals surface area contributed by atoms with Gasteiger partial charge in [-0.05, 0) is 49.2 Å². The average Bonchev–Trinajstić information content (AvgIpc) is 2.32. The summed E-state index contributed by atoms with van der Waals surface area (Å²) in [5.41, 5.74) is 2.94. The van der Waals surface area contributed by atoms with Gasteiger partial charge in [-0.1, -0.05) is 23.7 Å². The van der Waals surface area contributed by atoms with Gasteiger partial charge in [-0.3, -0.25) is 0 Å². The minimum atomic E-state index is 0.159. The van der Waals surface area contributed by atoms with Crippen molar-refractivity contribution in [3.05, 3.63) is 52.5 Å². The largest absolute Gasteiger partial charge is 0.505 e. The average molecular weight is 261 g/mol. The van der Waals surface area contributed by atoms with E-state index in [1.807, 2.05) is 19.9 Å². The van der Waals surface area contributed by atoms with Crippen molar-refractivity contribution >= 4 is 23.0 Å². The highest BCUT2D eigenvalue weighted by Gasteiger charge is 2.04. The summed E-state index contributed by atoms with van der Waals surface area (Å²) in [5, 5.41) is 18.6. The Morgan fingerprint density at radius 1 is 1.06 bits per heavy atom. The minimum absolute atomic E-state index is 0.159. The monoisotopic (exact) mass is 260 g/mol. The molecule has 0 aliphatic rings. The van der Waals surface area contributed by atoms with Crippen LogP contribution in [0.4, 0.5) is 11.4 Å². The van der Waals surface area contributed by atoms with Crippen molar-refractivity contribution in [2.75, 3.05) is 0 Å². The lowest BCUT2D eigenvalue weighted by atomic mass is 10.1. The number of rotatable bonds is 2. The van der Waals surface area contributed by atoms with Crippen molar-refractivity contribution < 1.29 is 5.11 Å². The number of hydrogen-bond donors (Lipinski definition) is 1. The van der Waals surface area contributed by atoms with Crippen molar-refractivity contribution in [3.8, 4) is 5.75 Å². The molecule has 0 fully saturated rings. The Morgan fingerprint density at radius 3 is 2.56 bits per heavy atom. The molecule has 0 saturated carbocycles. The summed E-state index contributed by atoms with van der Waals surface area (Å²) in [6, 6.07) is 10.8. The molecular weight excluding hydrogens is 248 g/mol. The second-order valence-electron chi connectivity index (χ2n) is 4.13. The van der Waals surface area contributed by atoms with E-state index >= 15 is 0 Å². The molecule has 92 valence electrons. The number of aromatic hydroxyl groups is 1. The van der Waals surface area contributed by atoms with Gasteiger partial charge in [0, 0.05) is 5.02 Å². The minimum Gasteiger partial charge on any atom is -0.505 e. The smallest absolute Gasteiger partial charge is 0.146 e. The van der Waals surface area contributed by atoms with Crippen LogP contribution in [-0.2, 0) is 0 Å². The van der Waals surface area contributed by atoms with Crippen LogP contribution in [0.3, 0.4) is 0 Å². The molecule has 0 saturated heterocycles. The van der Waals surface area contributed by atoms with Crippen LogP contribution in [0.2, 0.25) is 5.02 Å². The molecule has 2 aromatic rings. The zero-order chi connectivity index (χ0) is 13.1. The van der Waals surface area contributed by atoms with Crippen LogP contribution in [0.25, 0.3) is 0 Å². The Labute approximate surface area is 111 Å². The SMILES string of the molecule is Cc1cc(C)c(O)c(N=Nc2cccc(Cl)c2)c1. The van der Waals surface area contributed by atoms with Crippen LogP contribution in [-0.4, -0.2) is 5.11 Å². The molecule has 2 aromatic carbocycles. The van der Waals surface area contributed by atoms with Gasteiger partial charge in [0.2, 0.25) is 0 Å². The standard InChI is InChI=1S/C14H13ClN2O/c1-9-6-10(2)14(18)13(7-9)17-16-12-5-3-4-11(15)8-12/h3-8,18H,1-2H3. The maximum absolute atomic E-state index is 9.87. The fourth-order valence-electron chi connectivity index (χ4n) is 1.66. The van der Waals surface area contributed by atoms with Gasteiger partial charge in [-0.25, -0.2) is 0 Å². The fraction of sp³-hybridized carbons (Fsp3) is 0.143.